The van der Waals surface area contributed by atoms with Gasteiger partial charge in [0.15, 0.2) is 24.1 Å². The molecule has 0 aliphatic heterocycles. The molecule has 26 heavy (non-hydrogen) atoms. The molecule has 138 valence electrons. The number of hydrogen-bond acceptors (Lipinski definition) is 5. The van der Waals surface area contributed by atoms with Gasteiger partial charge in [0.2, 0.25) is 0 Å². The maximum absolute atomic E-state index is 11.9. The van der Waals surface area contributed by atoms with E-state index in [0.717, 1.165) is 5.56 Å². The molecule has 1 unspecified atom stereocenters. The number of carbonyl (C=O) groups excluding carboxylic acids is 1. The van der Waals surface area contributed by atoms with Crippen molar-refractivity contribution in [2.45, 2.75) is 12.6 Å². The number of benzene rings is 2. The third-order valence-electron chi connectivity index (χ3n) is 3.41. The van der Waals surface area contributed by atoms with Gasteiger partial charge in [-0.25, -0.2) is 4.79 Å². The molecular weight excluding hydrogens is 338 g/mol. The topological polar surface area (TPSA) is 94.1 Å². The third kappa shape index (κ3) is 6.10. The van der Waals surface area contributed by atoms with Crippen LogP contribution in [0.25, 0.3) is 0 Å². The predicted octanol–water partition coefficient (Wildman–Crippen LogP) is 1.86. The van der Waals surface area contributed by atoms with Crippen molar-refractivity contribution in [1.82, 2.24) is 5.32 Å². The molecular formula is C19H21NO6. The van der Waals surface area contributed by atoms with Crippen LogP contribution in [0.5, 0.6) is 11.5 Å². The molecule has 0 saturated heterocycles. The summed E-state index contributed by atoms with van der Waals surface area (Å²) >= 11 is 0. The Morgan fingerprint density at radius 1 is 1.00 bits per heavy atom. The maximum atomic E-state index is 11.9. The van der Waals surface area contributed by atoms with E-state index in [2.05, 4.69) is 5.32 Å². The summed E-state index contributed by atoms with van der Waals surface area (Å²) in [6.45, 7) is -0.0978. The number of rotatable bonds is 10. The maximum Gasteiger partial charge on any atom is 0.328 e. The van der Waals surface area contributed by atoms with Crippen molar-refractivity contribution < 1.29 is 28.9 Å². The first kappa shape index (κ1) is 19.3. The lowest BCUT2D eigenvalue weighted by Crippen LogP contribution is -2.45. The number of aliphatic carboxylic acids is 1. The summed E-state index contributed by atoms with van der Waals surface area (Å²) in [6, 6.07) is 15.5. The fraction of sp³-hybridized carbons (Fsp3) is 0.263. The molecule has 2 aromatic carbocycles. The molecule has 0 heterocycles. The number of hydrogen-bond donors (Lipinski definition) is 2. The number of methoxy groups -OCH3 is 1. The van der Waals surface area contributed by atoms with Crippen molar-refractivity contribution in [3.63, 3.8) is 0 Å². The van der Waals surface area contributed by atoms with E-state index in [1.54, 1.807) is 24.3 Å². The van der Waals surface area contributed by atoms with Gasteiger partial charge >= 0.3 is 5.97 Å². The first-order valence-electron chi connectivity index (χ1n) is 8.00. The van der Waals surface area contributed by atoms with Crippen molar-refractivity contribution in [2.24, 2.45) is 0 Å². The Hall–Kier alpha value is -3.06. The van der Waals surface area contributed by atoms with Crippen molar-refractivity contribution in [1.29, 1.82) is 0 Å². The molecule has 1 amide bonds. The van der Waals surface area contributed by atoms with E-state index < -0.39 is 17.9 Å². The Bertz CT molecular complexity index is 719. The molecule has 7 nitrogen and oxygen atoms in total. The van der Waals surface area contributed by atoms with E-state index in [-0.39, 0.29) is 13.2 Å². The lowest BCUT2D eigenvalue weighted by molar-refractivity contribution is -0.143. The second-order valence-electron chi connectivity index (χ2n) is 5.42. The fourth-order valence-electron chi connectivity index (χ4n) is 2.14. The molecule has 0 aromatic heterocycles. The summed E-state index contributed by atoms with van der Waals surface area (Å²) in [4.78, 5) is 22.9. The van der Waals surface area contributed by atoms with Crippen LogP contribution in [-0.4, -0.2) is 43.3 Å². The van der Waals surface area contributed by atoms with E-state index in [1.807, 2.05) is 30.3 Å². The van der Waals surface area contributed by atoms with Gasteiger partial charge in [-0.15, -0.1) is 0 Å². The zero-order chi connectivity index (χ0) is 18.8. The van der Waals surface area contributed by atoms with Gasteiger partial charge in [-0.05, 0) is 17.7 Å². The second-order valence-corrected chi connectivity index (χ2v) is 5.42. The van der Waals surface area contributed by atoms with Gasteiger partial charge < -0.3 is 24.6 Å². The molecule has 2 aromatic rings. The number of carbonyl (C=O) groups is 2. The summed E-state index contributed by atoms with van der Waals surface area (Å²) in [7, 11) is 1.36. The molecule has 0 bridgehead atoms. The number of nitrogens with one attached hydrogen (secondary N) is 1. The summed E-state index contributed by atoms with van der Waals surface area (Å²) in [5, 5.41) is 11.3. The SMILES string of the molecule is COCC(NC(=O)COc1ccccc1OCc1ccccc1)C(=O)O. The molecule has 2 N–H and O–H groups in total. The van der Waals surface area contributed by atoms with Gasteiger partial charge in [-0.3, -0.25) is 4.79 Å². The van der Waals surface area contributed by atoms with Gasteiger partial charge in [0, 0.05) is 7.11 Å². The Labute approximate surface area is 151 Å². The van der Waals surface area contributed by atoms with E-state index in [9.17, 15) is 9.59 Å². The summed E-state index contributed by atoms with van der Waals surface area (Å²) in [5.41, 5.74) is 1.00. The van der Waals surface area contributed by atoms with Crippen LogP contribution in [0, 0.1) is 0 Å². The van der Waals surface area contributed by atoms with Crippen molar-refractivity contribution in [2.75, 3.05) is 20.3 Å². The number of carboxylic acid groups (broad SMARTS) is 1. The Balaban J connectivity index is 1.91. The standard InChI is InChI=1S/C19H21NO6/c1-24-12-15(19(22)23)20-18(21)13-26-17-10-6-5-9-16(17)25-11-14-7-3-2-4-8-14/h2-10,15H,11-13H2,1H3,(H,20,21)(H,22,23). The van der Waals surface area contributed by atoms with Crippen LogP contribution in [-0.2, 0) is 20.9 Å². The molecule has 0 aliphatic carbocycles. The van der Waals surface area contributed by atoms with Crippen molar-refractivity contribution in [3.05, 3.63) is 60.2 Å². The van der Waals surface area contributed by atoms with Crippen molar-refractivity contribution >= 4 is 11.9 Å². The van der Waals surface area contributed by atoms with Crippen LogP contribution in [0.15, 0.2) is 54.6 Å². The summed E-state index contributed by atoms with van der Waals surface area (Å²) in [5.74, 6) is -0.841. The Kier molecular flexibility index (Phi) is 7.45. The van der Waals surface area contributed by atoms with Gasteiger partial charge in [0.1, 0.15) is 6.61 Å². The highest BCUT2D eigenvalue weighted by atomic mass is 16.5. The van der Waals surface area contributed by atoms with Crippen LogP contribution in [0.2, 0.25) is 0 Å². The molecule has 0 aliphatic rings. The zero-order valence-electron chi connectivity index (χ0n) is 14.4. The Morgan fingerprint density at radius 3 is 2.23 bits per heavy atom. The monoisotopic (exact) mass is 359 g/mol. The first-order chi connectivity index (χ1) is 12.6. The highest BCUT2D eigenvalue weighted by Crippen LogP contribution is 2.27. The van der Waals surface area contributed by atoms with Crippen molar-refractivity contribution in [3.8, 4) is 11.5 Å². The third-order valence-corrected chi connectivity index (χ3v) is 3.41. The number of para-hydroxylation sites is 2. The van der Waals surface area contributed by atoms with Crippen LogP contribution in [0.3, 0.4) is 0 Å². The zero-order valence-corrected chi connectivity index (χ0v) is 14.4. The van der Waals surface area contributed by atoms with Crippen LogP contribution < -0.4 is 14.8 Å². The number of amides is 1. The van der Waals surface area contributed by atoms with Gasteiger partial charge in [-0.1, -0.05) is 42.5 Å². The predicted molar refractivity (Wildman–Crippen MR) is 94.2 cm³/mol. The molecule has 0 saturated carbocycles. The lowest BCUT2D eigenvalue weighted by Gasteiger charge is -2.15. The van der Waals surface area contributed by atoms with Crippen LogP contribution >= 0.6 is 0 Å². The smallest absolute Gasteiger partial charge is 0.328 e. The number of ether oxygens (including phenoxy) is 3. The minimum Gasteiger partial charge on any atom is -0.485 e. The minimum absolute atomic E-state index is 0.127. The largest absolute Gasteiger partial charge is 0.485 e. The van der Waals surface area contributed by atoms with Crippen LogP contribution in [0.1, 0.15) is 5.56 Å². The highest BCUT2D eigenvalue weighted by molar-refractivity contribution is 5.84. The van der Waals surface area contributed by atoms with Gasteiger partial charge in [0.25, 0.3) is 5.91 Å². The van der Waals surface area contributed by atoms with E-state index in [4.69, 9.17) is 19.3 Å². The highest BCUT2D eigenvalue weighted by Gasteiger charge is 2.20. The molecule has 0 radical (unpaired) electrons. The quantitative estimate of drug-likeness (QED) is 0.672. The summed E-state index contributed by atoms with van der Waals surface area (Å²) < 4.78 is 16.0. The molecule has 2 rings (SSSR count). The second kappa shape index (κ2) is 10.0. The fourth-order valence-corrected chi connectivity index (χ4v) is 2.14. The van der Waals surface area contributed by atoms with Gasteiger partial charge in [0.05, 0.1) is 6.61 Å². The normalized spacial score (nSPS) is 11.4. The number of carboxylic acids is 1. The van der Waals surface area contributed by atoms with E-state index in [1.165, 1.54) is 7.11 Å². The Morgan fingerprint density at radius 2 is 1.62 bits per heavy atom. The molecule has 0 fully saturated rings. The minimum atomic E-state index is -1.17. The van der Waals surface area contributed by atoms with E-state index in [0.29, 0.717) is 18.1 Å². The summed E-state index contributed by atoms with van der Waals surface area (Å²) in [6.07, 6.45) is 0. The molecule has 1 atom stereocenters. The lowest BCUT2D eigenvalue weighted by atomic mass is 10.2. The first-order valence-corrected chi connectivity index (χ1v) is 8.00. The van der Waals surface area contributed by atoms with E-state index >= 15 is 0 Å². The molecule has 0 spiro atoms. The average molecular weight is 359 g/mol. The van der Waals surface area contributed by atoms with Gasteiger partial charge in [-0.2, -0.15) is 0 Å². The van der Waals surface area contributed by atoms with Crippen LogP contribution in [0.4, 0.5) is 0 Å². The molecule has 7 heteroatoms. The average Bonchev–Trinajstić information content (AvgIpc) is 2.65.